The van der Waals surface area contributed by atoms with Gasteiger partial charge in [0.15, 0.2) is 17.4 Å². The van der Waals surface area contributed by atoms with Crippen molar-refractivity contribution in [3.63, 3.8) is 0 Å². The summed E-state index contributed by atoms with van der Waals surface area (Å²) in [7, 11) is 0. The molecule has 0 amide bonds. The minimum atomic E-state index is -0.575. The molecule has 24 heavy (non-hydrogen) atoms. The Balaban J connectivity index is 1.71. The Labute approximate surface area is 141 Å². The van der Waals surface area contributed by atoms with Crippen LogP contribution >= 0.6 is 0 Å². The molecule has 5 heteroatoms. The quantitative estimate of drug-likeness (QED) is 0.622. The van der Waals surface area contributed by atoms with E-state index in [4.69, 9.17) is 4.74 Å². The molecular weight excluding hydrogens is 307 g/mol. The normalized spacial score (nSPS) is 20.6. The Morgan fingerprint density at radius 2 is 1.83 bits per heavy atom. The SMILES string of the molecule is Cc1cnc(-c2ccc(OC(=O)C3CCC(C)CC3)c(F)c2)nc1. The number of esters is 1. The van der Waals surface area contributed by atoms with Gasteiger partial charge in [0.2, 0.25) is 0 Å². The Kier molecular flexibility index (Phi) is 4.88. The zero-order valence-corrected chi connectivity index (χ0v) is 14.0. The number of benzene rings is 1. The van der Waals surface area contributed by atoms with Gasteiger partial charge in [-0.1, -0.05) is 6.92 Å². The van der Waals surface area contributed by atoms with Crippen molar-refractivity contribution in [2.24, 2.45) is 11.8 Å². The van der Waals surface area contributed by atoms with Crippen molar-refractivity contribution in [1.29, 1.82) is 0 Å². The molecule has 0 radical (unpaired) electrons. The van der Waals surface area contributed by atoms with Crippen LogP contribution in [0.4, 0.5) is 4.39 Å². The van der Waals surface area contributed by atoms with Crippen molar-refractivity contribution in [3.05, 3.63) is 42.0 Å². The summed E-state index contributed by atoms with van der Waals surface area (Å²) in [6.45, 7) is 4.08. The number of rotatable bonds is 3. The molecule has 1 heterocycles. The van der Waals surface area contributed by atoms with Crippen molar-refractivity contribution in [2.45, 2.75) is 39.5 Å². The first kappa shape index (κ1) is 16.6. The van der Waals surface area contributed by atoms with E-state index in [2.05, 4.69) is 16.9 Å². The molecule has 2 aromatic rings. The largest absolute Gasteiger partial charge is 0.423 e. The fourth-order valence-electron chi connectivity index (χ4n) is 2.95. The third-order valence-corrected chi connectivity index (χ3v) is 4.53. The van der Waals surface area contributed by atoms with E-state index in [0.717, 1.165) is 31.2 Å². The second-order valence-electron chi connectivity index (χ2n) is 6.61. The first-order valence-electron chi connectivity index (χ1n) is 8.33. The highest BCUT2D eigenvalue weighted by Crippen LogP contribution is 2.30. The Morgan fingerprint density at radius 3 is 2.46 bits per heavy atom. The van der Waals surface area contributed by atoms with Crippen LogP contribution in [0.5, 0.6) is 5.75 Å². The molecule has 3 rings (SSSR count). The van der Waals surface area contributed by atoms with Crippen molar-refractivity contribution in [2.75, 3.05) is 0 Å². The van der Waals surface area contributed by atoms with Gasteiger partial charge in [-0.15, -0.1) is 0 Å². The number of hydrogen-bond acceptors (Lipinski definition) is 4. The summed E-state index contributed by atoms with van der Waals surface area (Å²) in [5, 5.41) is 0. The fraction of sp³-hybridized carbons (Fsp3) is 0.421. The Hall–Kier alpha value is -2.30. The zero-order valence-electron chi connectivity index (χ0n) is 14.0. The van der Waals surface area contributed by atoms with Crippen LogP contribution in [0.25, 0.3) is 11.4 Å². The number of aromatic nitrogens is 2. The van der Waals surface area contributed by atoms with Crippen molar-refractivity contribution in [1.82, 2.24) is 9.97 Å². The van der Waals surface area contributed by atoms with Gasteiger partial charge in [-0.3, -0.25) is 4.79 Å². The summed E-state index contributed by atoms with van der Waals surface area (Å²) in [4.78, 5) is 20.6. The monoisotopic (exact) mass is 328 g/mol. The molecule has 1 saturated carbocycles. The van der Waals surface area contributed by atoms with Crippen LogP contribution in [0.3, 0.4) is 0 Å². The fourth-order valence-corrected chi connectivity index (χ4v) is 2.95. The minimum absolute atomic E-state index is 0.0329. The van der Waals surface area contributed by atoms with E-state index < -0.39 is 5.82 Å². The summed E-state index contributed by atoms with van der Waals surface area (Å²) in [6.07, 6.45) is 7.03. The third kappa shape index (κ3) is 3.78. The molecule has 0 saturated heterocycles. The van der Waals surface area contributed by atoms with Gasteiger partial charge < -0.3 is 4.74 Å². The van der Waals surface area contributed by atoms with Gasteiger partial charge in [-0.05, 0) is 62.3 Å². The summed E-state index contributed by atoms with van der Waals surface area (Å²) < 4.78 is 19.5. The second-order valence-corrected chi connectivity index (χ2v) is 6.61. The van der Waals surface area contributed by atoms with Gasteiger partial charge in [-0.2, -0.15) is 0 Å². The van der Waals surface area contributed by atoms with E-state index in [1.807, 2.05) is 6.92 Å². The number of carbonyl (C=O) groups is 1. The molecule has 1 aliphatic carbocycles. The van der Waals surface area contributed by atoms with Crippen LogP contribution in [-0.4, -0.2) is 15.9 Å². The number of carbonyl (C=O) groups excluding carboxylic acids is 1. The first-order valence-corrected chi connectivity index (χ1v) is 8.33. The van der Waals surface area contributed by atoms with Gasteiger partial charge in [0.1, 0.15) is 0 Å². The van der Waals surface area contributed by atoms with Gasteiger partial charge in [0.05, 0.1) is 5.92 Å². The minimum Gasteiger partial charge on any atom is -0.423 e. The standard InChI is InChI=1S/C19H21FN2O2/c1-12-3-5-14(6-4-12)19(23)24-17-8-7-15(9-16(17)20)18-21-10-13(2)11-22-18/h7-12,14H,3-6H2,1-2H3. The van der Waals surface area contributed by atoms with Crippen molar-refractivity contribution in [3.8, 4) is 17.1 Å². The molecule has 0 unspecified atom stereocenters. The predicted molar refractivity (Wildman–Crippen MR) is 88.9 cm³/mol. The van der Waals surface area contributed by atoms with Gasteiger partial charge >= 0.3 is 5.97 Å². The average Bonchev–Trinajstić information content (AvgIpc) is 2.58. The lowest BCUT2D eigenvalue weighted by Gasteiger charge is -2.24. The third-order valence-electron chi connectivity index (χ3n) is 4.53. The number of nitrogens with zero attached hydrogens (tertiary/aromatic N) is 2. The summed E-state index contributed by atoms with van der Waals surface area (Å²) in [5.41, 5.74) is 1.49. The maximum Gasteiger partial charge on any atom is 0.314 e. The average molecular weight is 328 g/mol. The van der Waals surface area contributed by atoms with Crippen LogP contribution in [0.2, 0.25) is 0 Å². The zero-order chi connectivity index (χ0) is 17.1. The van der Waals surface area contributed by atoms with Gasteiger partial charge in [0.25, 0.3) is 0 Å². The summed E-state index contributed by atoms with van der Waals surface area (Å²) in [5.74, 6) is 0.0303. The molecule has 1 aliphatic rings. The van der Waals surface area contributed by atoms with Crippen molar-refractivity contribution < 1.29 is 13.9 Å². The first-order chi connectivity index (χ1) is 11.5. The Morgan fingerprint density at radius 1 is 1.17 bits per heavy atom. The van der Waals surface area contributed by atoms with Gasteiger partial charge in [-0.25, -0.2) is 14.4 Å². The van der Waals surface area contributed by atoms with E-state index in [1.165, 1.54) is 12.1 Å². The number of halogens is 1. The second kappa shape index (κ2) is 7.07. The van der Waals surface area contributed by atoms with E-state index >= 15 is 0 Å². The predicted octanol–water partition coefficient (Wildman–Crippen LogP) is 4.32. The van der Waals surface area contributed by atoms with Crippen LogP contribution in [-0.2, 0) is 4.79 Å². The molecule has 1 aromatic heterocycles. The van der Waals surface area contributed by atoms with E-state index in [1.54, 1.807) is 18.5 Å². The van der Waals surface area contributed by atoms with Crippen molar-refractivity contribution >= 4 is 5.97 Å². The molecule has 1 fully saturated rings. The van der Waals surface area contributed by atoms with E-state index in [9.17, 15) is 9.18 Å². The van der Waals surface area contributed by atoms with Crippen LogP contribution in [0.15, 0.2) is 30.6 Å². The molecule has 0 N–H and O–H groups in total. The number of aryl methyl sites for hydroxylation is 1. The molecule has 0 atom stereocenters. The van der Waals surface area contributed by atoms with Crippen LogP contribution in [0.1, 0.15) is 38.2 Å². The molecule has 0 spiro atoms. The molecule has 126 valence electrons. The van der Waals surface area contributed by atoms with E-state index in [0.29, 0.717) is 17.3 Å². The Bertz CT molecular complexity index is 723. The maximum absolute atomic E-state index is 14.3. The number of ether oxygens (including phenoxy) is 1. The highest BCUT2D eigenvalue weighted by Gasteiger charge is 2.26. The highest BCUT2D eigenvalue weighted by atomic mass is 19.1. The molecule has 0 bridgehead atoms. The lowest BCUT2D eigenvalue weighted by Crippen LogP contribution is -2.25. The topological polar surface area (TPSA) is 52.1 Å². The number of hydrogen-bond donors (Lipinski definition) is 0. The molecule has 0 aliphatic heterocycles. The van der Waals surface area contributed by atoms with Crippen LogP contribution in [0, 0.1) is 24.6 Å². The molecule has 1 aromatic carbocycles. The summed E-state index contributed by atoms with van der Waals surface area (Å²) >= 11 is 0. The molecule has 4 nitrogen and oxygen atoms in total. The lowest BCUT2D eigenvalue weighted by molar-refractivity contribution is -0.140. The van der Waals surface area contributed by atoms with Gasteiger partial charge in [0, 0.05) is 18.0 Å². The highest BCUT2D eigenvalue weighted by molar-refractivity contribution is 5.75. The maximum atomic E-state index is 14.3. The lowest BCUT2D eigenvalue weighted by atomic mass is 9.83. The van der Waals surface area contributed by atoms with Crippen LogP contribution < -0.4 is 4.74 Å². The smallest absolute Gasteiger partial charge is 0.314 e. The molecular formula is C19H21FN2O2. The van der Waals surface area contributed by atoms with E-state index in [-0.39, 0.29) is 17.6 Å². The summed E-state index contributed by atoms with van der Waals surface area (Å²) in [6, 6.07) is 4.44.